The van der Waals surface area contributed by atoms with Crippen molar-refractivity contribution in [3.8, 4) is 0 Å². The van der Waals surface area contributed by atoms with Gasteiger partial charge in [0.15, 0.2) is 0 Å². The molecule has 0 radical (unpaired) electrons. The maximum absolute atomic E-state index is 12.3. The van der Waals surface area contributed by atoms with Crippen LogP contribution in [0.15, 0.2) is 0 Å². The van der Waals surface area contributed by atoms with E-state index < -0.39 is 0 Å². The lowest BCUT2D eigenvalue weighted by Crippen LogP contribution is -2.32. The van der Waals surface area contributed by atoms with Crippen LogP contribution in [0.3, 0.4) is 0 Å². The lowest BCUT2D eigenvalue weighted by molar-refractivity contribution is -0.124. The molecule has 0 N–H and O–H groups in total. The van der Waals surface area contributed by atoms with Crippen LogP contribution < -0.4 is 0 Å². The van der Waals surface area contributed by atoms with E-state index in [-0.39, 0.29) is 0 Å². The number of hydrogen-bond donors (Lipinski definition) is 0. The second-order valence-corrected chi connectivity index (χ2v) is 8.64. The summed E-state index contributed by atoms with van der Waals surface area (Å²) in [4.78, 5) is 12.3. The quantitative estimate of drug-likeness (QED) is 0.450. The van der Waals surface area contributed by atoms with Crippen LogP contribution in [0.5, 0.6) is 0 Å². The third-order valence-corrected chi connectivity index (χ3v) is 6.90. The minimum atomic E-state index is 0.412. The molecule has 2 aliphatic carbocycles. The molecule has 2 aliphatic rings. The fourth-order valence-electron chi connectivity index (χ4n) is 5.52. The van der Waals surface area contributed by atoms with E-state index in [1.54, 1.807) is 0 Å². The van der Waals surface area contributed by atoms with Crippen LogP contribution in [-0.2, 0) is 4.79 Å². The van der Waals surface area contributed by atoms with E-state index in [2.05, 4.69) is 20.8 Å². The van der Waals surface area contributed by atoms with Gasteiger partial charge in [-0.1, -0.05) is 52.9 Å². The van der Waals surface area contributed by atoms with Gasteiger partial charge in [0.1, 0.15) is 5.78 Å². The number of ketones is 1. The first-order valence-corrected chi connectivity index (χ1v) is 10.7. The van der Waals surface area contributed by atoms with Gasteiger partial charge < -0.3 is 0 Å². The lowest BCUT2D eigenvalue weighted by atomic mass is 9.64. The Morgan fingerprint density at radius 2 is 1.65 bits per heavy atom. The Morgan fingerprint density at radius 3 is 2.26 bits per heavy atom. The number of rotatable bonds is 8. The molecule has 0 heterocycles. The molecule has 134 valence electrons. The summed E-state index contributed by atoms with van der Waals surface area (Å²) in [7, 11) is 0. The number of Topliss-reactive ketones (excluding diaryl/α,β-unsaturated/α-hetero) is 1. The van der Waals surface area contributed by atoms with Crippen LogP contribution in [0.25, 0.3) is 0 Å². The Bertz CT molecular complexity index is 340. The first-order valence-electron chi connectivity index (χ1n) is 10.7. The van der Waals surface area contributed by atoms with Gasteiger partial charge in [-0.3, -0.25) is 4.79 Å². The molecule has 1 heteroatoms. The Morgan fingerprint density at radius 1 is 0.913 bits per heavy atom. The third kappa shape index (κ3) is 5.61. The van der Waals surface area contributed by atoms with Crippen molar-refractivity contribution in [2.45, 2.75) is 104 Å². The minimum absolute atomic E-state index is 0.412. The molecule has 3 atom stereocenters. The van der Waals surface area contributed by atoms with Gasteiger partial charge >= 0.3 is 0 Å². The highest BCUT2D eigenvalue weighted by Gasteiger charge is 2.35. The first-order chi connectivity index (χ1) is 11.2. The van der Waals surface area contributed by atoms with Gasteiger partial charge in [0, 0.05) is 12.3 Å². The predicted octanol–water partition coefficient (Wildman–Crippen LogP) is 6.79. The highest BCUT2D eigenvalue weighted by Crippen LogP contribution is 2.45. The van der Waals surface area contributed by atoms with Crippen LogP contribution in [0, 0.1) is 29.6 Å². The molecule has 0 unspecified atom stereocenters. The van der Waals surface area contributed by atoms with Crippen molar-refractivity contribution in [1.82, 2.24) is 0 Å². The van der Waals surface area contributed by atoms with Crippen molar-refractivity contribution in [1.29, 1.82) is 0 Å². The second-order valence-electron chi connectivity index (χ2n) is 8.64. The average Bonchev–Trinajstić information content (AvgIpc) is 2.56. The van der Waals surface area contributed by atoms with Gasteiger partial charge in [0.05, 0.1) is 0 Å². The van der Waals surface area contributed by atoms with Gasteiger partial charge in [-0.25, -0.2) is 0 Å². The maximum Gasteiger partial charge on any atom is 0.135 e. The Hall–Kier alpha value is -0.330. The summed E-state index contributed by atoms with van der Waals surface area (Å²) in [5.74, 6) is 4.79. The van der Waals surface area contributed by atoms with E-state index in [0.29, 0.717) is 11.7 Å². The number of hydrogen-bond acceptors (Lipinski definition) is 1. The van der Waals surface area contributed by atoms with E-state index in [9.17, 15) is 4.79 Å². The number of carbonyl (C=O) groups is 1. The van der Waals surface area contributed by atoms with Gasteiger partial charge in [0.25, 0.3) is 0 Å². The number of carbonyl (C=O) groups excluding carboxylic acids is 1. The summed E-state index contributed by atoms with van der Waals surface area (Å²) < 4.78 is 0. The molecule has 0 aliphatic heterocycles. The van der Waals surface area contributed by atoms with Crippen molar-refractivity contribution in [2.75, 3.05) is 0 Å². The molecule has 0 spiro atoms. The molecule has 0 aromatic heterocycles. The van der Waals surface area contributed by atoms with Crippen molar-refractivity contribution in [3.63, 3.8) is 0 Å². The van der Waals surface area contributed by atoms with E-state index in [1.807, 2.05) is 0 Å². The maximum atomic E-state index is 12.3. The molecule has 0 saturated heterocycles. The Labute approximate surface area is 145 Å². The molecule has 2 fully saturated rings. The zero-order valence-corrected chi connectivity index (χ0v) is 16.0. The third-order valence-electron chi connectivity index (χ3n) is 6.90. The zero-order valence-electron chi connectivity index (χ0n) is 16.0. The molecular weight excluding hydrogens is 280 g/mol. The summed E-state index contributed by atoms with van der Waals surface area (Å²) >= 11 is 0. The lowest BCUT2D eigenvalue weighted by Gasteiger charge is -2.41. The summed E-state index contributed by atoms with van der Waals surface area (Å²) in [6.45, 7) is 7.05. The van der Waals surface area contributed by atoms with E-state index in [0.717, 1.165) is 36.5 Å². The molecule has 0 amide bonds. The highest BCUT2D eigenvalue weighted by molar-refractivity contribution is 5.81. The van der Waals surface area contributed by atoms with Gasteiger partial charge in [-0.15, -0.1) is 0 Å². The van der Waals surface area contributed by atoms with Crippen LogP contribution in [0.4, 0.5) is 0 Å². The molecule has 0 aromatic rings. The fraction of sp³-hybridized carbons (Fsp3) is 0.955. The smallest absolute Gasteiger partial charge is 0.135 e. The van der Waals surface area contributed by atoms with Gasteiger partial charge in [0.2, 0.25) is 0 Å². The van der Waals surface area contributed by atoms with Crippen LogP contribution in [0.1, 0.15) is 104 Å². The molecule has 1 nitrogen and oxygen atoms in total. The van der Waals surface area contributed by atoms with Crippen molar-refractivity contribution in [2.24, 2.45) is 29.6 Å². The average molecular weight is 321 g/mol. The molecule has 2 saturated carbocycles. The minimum Gasteiger partial charge on any atom is -0.299 e. The van der Waals surface area contributed by atoms with Crippen LogP contribution in [0.2, 0.25) is 0 Å². The predicted molar refractivity (Wildman–Crippen MR) is 99.5 cm³/mol. The van der Waals surface area contributed by atoms with Crippen molar-refractivity contribution in [3.05, 3.63) is 0 Å². The topological polar surface area (TPSA) is 17.1 Å². The summed E-state index contributed by atoms with van der Waals surface area (Å²) in [6, 6.07) is 0. The van der Waals surface area contributed by atoms with Crippen molar-refractivity contribution < 1.29 is 4.79 Å². The Kier molecular flexibility index (Phi) is 8.13. The fourth-order valence-corrected chi connectivity index (χ4v) is 5.52. The van der Waals surface area contributed by atoms with E-state index in [4.69, 9.17) is 0 Å². The van der Waals surface area contributed by atoms with Gasteiger partial charge in [-0.05, 0) is 68.6 Å². The molecule has 23 heavy (non-hydrogen) atoms. The highest BCUT2D eigenvalue weighted by atomic mass is 16.1. The first kappa shape index (κ1) is 19.0. The molecular formula is C22H40O. The Balaban J connectivity index is 1.73. The summed E-state index contributed by atoms with van der Waals surface area (Å²) in [5.41, 5.74) is 0. The van der Waals surface area contributed by atoms with E-state index >= 15 is 0 Å². The normalized spacial score (nSPS) is 35.2. The molecule has 0 aromatic carbocycles. The standard InChI is InChI=1S/C22H40O/c1-4-6-7-9-22(23)20-13-11-19(12-14-20)21-15-10-18(8-5-2)16-17(21)3/h17-21H,4-16H2,1-3H3/t17-,18+,19?,20?,21-/m1/s1. The second kappa shape index (κ2) is 9.84. The molecule has 2 rings (SSSR count). The largest absolute Gasteiger partial charge is 0.299 e. The van der Waals surface area contributed by atoms with Crippen molar-refractivity contribution >= 4 is 5.78 Å². The summed E-state index contributed by atoms with van der Waals surface area (Å²) in [6.07, 6.45) is 16.7. The zero-order chi connectivity index (χ0) is 16.7. The molecule has 0 bridgehead atoms. The van der Waals surface area contributed by atoms with Crippen LogP contribution >= 0.6 is 0 Å². The number of unbranched alkanes of at least 4 members (excludes halogenated alkanes) is 2. The monoisotopic (exact) mass is 320 g/mol. The SMILES string of the molecule is CCCCCC(=O)C1CCC([C@@H]2CC[C@H](CCC)C[C@H]2C)CC1. The van der Waals surface area contributed by atoms with Crippen LogP contribution in [-0.4, -0.2) is 5.78 Å². The summed E-state index contributed by atoms with van der Waals surface area (Å²) in [5, 5.41) is 0. The van der Waals surface area contributed by atoms with E-state index in [1.165, 1.54) is 70.6 Å². The van der Waals surface area contributed by atoms with Gasteiger partial charge in [-0.2, -0.15) is 0 Å².